The summed E-state index contributed by atoms with van der Waals surface area (Å²) in [4.78, 5) is 46.2. The van der Waals surface area contributed by atoms with E-state index in [0.29, 0.717) is 0 Å². The van der Waals surface area contributed by atoms with E-state index in [0.717, 1.165) is 0 Å². The molecular weight excluding hydrogens is 356 g/mol. The molecule has 2 unspecified atom stereocenters. The van der Waals surface area contributed by atoms with Crippen LogP contribution in [0, 0.1) is 17.8 Å². The molecule has 27 heavy (non-hydrogen) atoms. The highest BCUT2D eigenvalue weighted by Gasteiger charge is 2.43. The van der Waals surface area contributed by atoms with Crippen molar-refractivity contribution in [3.05, 3.63) is 0 Å². The fraction of sp³-hybridized carbons (Fsp3) is 0.778. The molecule has 0 spiro atoms. The first kappa shape index (κ1) is 22.9. The predicted molar refractivity (Wildman–Crippen MR) is 95.4 cm³/mol. The quantitative estimate of drug-likeness (QED) is 0.523. The Balaban J connectivity index is 2.92. The Kier molecular flexibility index (Phi) is 8.68. The molecule has 1 aliphatic heterocycles. The van der Waals surface area contributed by atoms with Crippen LogP contribution in [0.1, 0.15) is 47.5 Å². The predicted octanol–water partition coefficient (Wildman–Crippen LogP) is 0.668. The molecular formula is C18H30N2O7. The Bertz CT molecular complexity index is 566. The smallest absolute Gasteiger partial charge is 0.306 e. The molecule has 154 valence electrons. The fourth-order valence-corrected chi connectivity index (χ4v) is 2.93. The molecule has 0 aromatic carbocycles. The Morgan fingerprint density at radius 2 is 1.74 bits per heavy atom. The van der Waals surface area contributed by atoms with Gasteiger partial charge in [0.25, 0.3) is 0 Å². The second-order valence-electron chi connectivity index (χ2n) is 7.07. The van der Waals surface area contributed by atoms with Crippen molar-refractivity contribution in [3.63, 3.8) is 0 Å². The third-order valence-corrected chi connectivity index (χ3v) is 4.95. The molecule has 1 aliphatic rings. The highest BCUT2D eigenvalue weighted by molar-refractivity contribution is 5.82. The molecule has 9 nitrogen and oxygen atoms in total. The Morgan fingerprint density at radius 1 is 1.11 bits per heavy atom. The van der Waals surface area contributed by atoms with Crippen LogP contribution >= 0.6 is 0 Å². The summed E-state index contributed by atoms with van der Waals surface area (Å²) in [6.07, 6.45) is -1.23. The monoisotopic (exact) mass is 386 g/mol. The van der Waals surface area contributed by atoms with Crippen molar-refractivity contribution in [2.45, 2.75) is 65.8 Å². The summed E-state index contributed by atoms with van der Waals surface area (Å²) in [5, 5.41) is 14.5. The SMILES string of the molecule is CCC(=O)NC1[C@H](NC(=O)C[C@H](C)C(=O)O)OC(COC(C)=O)[C@@H](C)[C@@H]1C. The van der Waals surface area contributed by atoms with E-state index in [9.17, 15) is 19.2 Å². The van der Waals surface area contributed by atoms with E-state index in [-0.39, 0.29) is 37.2 Å². The van der Waals surface area contributed by atoms with E-state index >= 15 is 0 Å². The lowest BCUT2D eigenvalue weighted by Gasteiger charge is -2.45. The highest BCUT2D eigenvalue weighted by Crippen LogP contribution is 2.30. The van der Waals surface area contributed by atoms with Gasteiger partial charge in [0.1, 0.15) is 6.61 Å². The number of carboxylic acid groups (broad SMARTS) is 1. The average Bonchev–Trinajstić information content (AvgIpc) is 2.59. The average molecular weight is 386 g/mol. The van der Waals surface area contributed by atoms with E-state index in [2.05, 4.69) is 10.6 Å². The third-order valence-electron chi connectivity index (χ3n) is 4.95. The van der Waals surface area contributed by atoms with Gasteiger partial charge in [-0.3, -0.25) is 19.2 Å². The van der Waals surface area contributed by atoms with Gasteiger partial charge in [0, 0.05) is 19.8 Å². The molecule has 1 heterocycles. The molecule has 0 radical (unpaired) electrons. The maximum atomic E-state index is 12.2. The first-order valence-corrected chi connectivity index (χ1v) is 9.17. The number of rotatable bonds is 8. The van der Waals surface area contributed by atoms with Crippen molar-refractivity contribution in [1.82, 2.24) is 10.6 Å². The maximum Gasteiger partial charge on any atom is 0.306 e. The normalized spacial score (nSPS) is 28.7. The molecule has 6 atom stereocenters. The minimum Gasteiger partial charge on any atom is -0.481 e. The van der Waals surface area contributed by atoms with Gasteiger partial charge in [0.15, 0.2) is 6.23 Å². The van der Waals surface area contributed by atoms with Gasteiger partial charge in [-0.25, -0.2) is 0 Å². The van der Waals surface area contributed by atoms with Crippen molar-refractivity contribution in [2.75, 3.05) is 6.61 Å². The van der Waals surface area contributed by atoms with Crippen molar-refractivity contribution in [2.24, 2.45) is 17.8 Å². The molecule has 0 aromatic rings. The van der Waals surface area contributed by atoms with Crippen LogP contribution in [0.15, 0.2) is 0 Å². The van der Waals surface area contributed by atoms with Crippen molar-refractivity contribution in [3.8, 4) is 0 Å². The van der Waals surface area contributed by atoms with E-state index < -0.39 is 42.1 Å². The minimum absolute atomic E-state index is 0.0349. The van der Waals surface area contributed by atoms with Gasteiger partial charge in [-0.2, -0.15) is 0 Å². The van der Waals surface area contributed by atoms with Crippen molar-refractivity contribution < 1.29 is 33.8 Å². The first-order chi connectivity index (χ1) is 12.6. The summed E-state index contributed by atoms with van der Waals surface area (Å²) in [7, 11) is 0. The summed E-state index contributed by atoms with van der Waals surface area (Å²) in [6, 6.07) is -0.481. The minimum atomic E-state index is -1.07. The van der Waals surface area contributed by atoms with Gasteiger partial charge < -0.3 is 25.2 Å². The van der Waals surface area contributed by atoms with Gasteiger partial charge in [-0.1, -0.05) is 27.7 Å². The number of carbonyl (C=O) groups is 4. The van der Waals surface area contributed by atoms with Crippen LogP contribution in [0.2, 0.25) is 0 Å². The van der Waals surface area contributed by atoms with Crippen LogP contribution in [-0.4, -0.2) is 53.8 Å². The van der Waals surface area contributed by atoms with E-state index in [1.807, 2.05) is 13.8 Å². The van der Waals surface area contributed by atoms with E-state index in [1.165, 1.54) is 13.8 Å². The molecule has 0 bridgehead atoms. The summed E-state index contributed by atoms with van der Waals surface area (Å²) in [5.74, 6) is -3.13. The number of carbonyl (C=O) groups excluding carboxylic acids is 3. The van der Waals surface area contributed by atoms with Crippen molar-refractivity contribution >= 4 is 23.8 Å². The summed E-state index contributed by atoms with van der Waals surface area (Å²) >= 11 is 0. The third kappa shape index (κ3) is 6.82. The standard InChI is InChI=1S/C18H30N2O7/c1-6-14(22)19-16-11(4)10(3)13(8-26-12(5)21)27-17(16)20-15(23)7-9(2)18(24)25/h9-11,13,16-17H,6-8H2,1-5H3,(H,19,22)(H,20,23)(H,24,25)/t9-,10-,11-,13?,16?,17+/m0/s1. The first-order valence-electron chi connectivity index (χ1n) is 9.17. The number of carboxylic acids is 1. The lowest BCUT2D eigenvalue weighted by atomic mass is 9.81. The van der Waals surface area contributed by atoms with Gasteiger partial charge in [-0.05, 0) is 11.8 Å². The number of ether oxygens (including phenoxy) is 2. The topological polar surface area (TPSA) is 131 Å². The van der Waals surface area contributed by atoms with Crippen LogP contribution in [-0.2, 0) is 28.7 Å². The number of nitrogens with one attached hydrogen (secondary N) is 2. The molecule has 1 rings (SSSR count). The number of hydrogen-bond donors (Lipinski definition) is 3. The second kappa shape index (κ2) is 10.2. The van der Waals surface area contributed by atoms with Gasteiger partial charge in [-0.15, -0.1) is 0 Å². The van der Waals surface area contributed by atoms with Gasteiger partial charge >= 0.3 is 11.9 Å². The Morgan fingerprint density at radius 3 is 2.26 bits per heavy atom. The largest absolute Gasteiger partial charge is 0.481 e. The van der Waals surface area contributed by atoms with Crippen molar-refractivity contribution in [1.29, 1.82) is 0 Å². The van der Waals surface area contributed by atoms with Crippen LogP contribution in [0.5, 0.6) is 0 Å². The zero-order valence-corrected chi connectivity index (χ0v) is 16.5. The lowest BCUT2D eigenvalue weighted by Crippen LogP contribution is -2.63. The van der Waals surface area contributed by atoms with Crippen LogP contribution in [0.4, 0.5) is 0 Å². The molecule has 3 N–H and O–H groups in total. The molecule has 1 saturated heterocycles. The van der Waals surface area contributed by atoms with Gasteiger partial charge in [0.05, 0.1) is 18.1 Å². The van der Waals surface area contributed by atoms with E-state index in [1.54, 1.807) is 6.92 Å². The fourth-order valence-electron chi connectivity index (χ4n) is 2.93. The molecule has 0 aromatic heterocycles. The van der Waals surface area contributed by atoms with Crippen LogP contribution in [0.25, 0.3) is 0 Å². The van der Waals surface area contributed by atoms with Crippen LogP contribution < -0.4 is 10.6 Å². The second-order valence-corrected chi connectivity index (χ2v) is 7.07. The molecule has 9 heteroatoms. The number of esters is 1. The molecule has 1 fully saturated rings. The van der Waals surface area contributed by atoms with E-state index in [4.69, 9.17) is 14.6 Å². The lowest BCUT2D eigenvalue weighted by molar-refractivity contribution is -0.173. The number of amides is 2. The highest BCUT2D eigenvalue weighted by atomic mass is 16.6. The summed E-state index contributed by atoms with van der Waals surface area (Å²) in [5.41, 5.74) is 0. The summed E-state index contributed by atoms with van der Waals surface area (Å²) in [6.45, 7) is 8.34. The summed E-state index contributed by atoms with van der Waals surface area (Å²) < 4.78 is 11.0. The molecule has 2 amide bonds. The Hall–Kier alpha value is -2.16. The molecule has 0 aliphatic carbocycles. The zero-order valence-electron chi connectivity index (χ0n) is 16.5. The zero-order chi connectivity index (χ0) is 20.7. The Labute approximate surface area is 159 Å². The molecule has 0 saturated carbocycles. The number of aliphatic carboxylic acids is 1. The van der Waals surface area contributed by atoms with Gasteiger partial charge in [0.2, 0.25) is 11.8 Å². The number of hydrogen-bond acceptors (Lipinski definition) is 6. The maximum absolute atomic E-state index is 12.2. The van der Waals surface area contributed by atoms with Crippen LogP contribution in [0.3, 0.4) is 0 Å².